The molecule has 1 N–H and O–H groups in total. The molecule has 0 saturated carbocycles. The van der Waals surface area contributed by atoms with Crippen molar-refractivity contribution in [1.82, 2.24) is 5.32 Å². The van der Waals surface area contributed by atoms with Gasteiger partial charge in [0.2, 0.25) is 0 Å². The number of ether oxygens (including phenoxy) is 2. The highest BCUT2D eigenvalue weighted by Gasteiger charge is 2.13. The van der Waals surface area contributed by atoms with Gasteiger partial charge in [-0.05, 0) is 24.7 Å². The Morgan fingerprint density at radius 3 is 2.78 bits per heavy atom. The first-order chi connectivity index (χ1) is 8.71. The zero-order valence-electron chi connectivity index (χ0n) is 11.1. The van der Waals surface area contributed by atoms with Crippen LogP contribution in [0.5, 0.6) is 5.75 Å². The van der Waals surface area contributed by atoms with Crippen LogP contribution in [-0.4, -0.2) is 43.4 Å². The van der Waals surface area contributed by atoms with Gasteiger partial charge in [0.25, 0.3) is 0 Å². The molecule has 0 saturated heterocycles. The number of hydrogen-bond acceptors (Lipinski definition) is 4. The molecule has 1 rings (SSSR count). The fraction of sp³-hybridized carbons (Fsp3) is 0.538. The van der Waals surface area contributed by atoms with Crippen LogP contribution in [-0.2, 0) is 15.5 Å². The lowest BCUT2D eigenvalue weighted by Crippen LogP contribution is -2.37. The maximum Gasteiger partial charge on any atom is 0.120 e. The van der Waals surface area contributed by atoms with Crippen LogP contribution in [0.15, 0.2) is 29.2 Å². The number of nitrogens with one attached hydrogen (secondary N) is 1. The van der Waals surface area contributed by atoms with Gasteiger partial charge in [0.15, 0.2) is 0 Å². The van der Waals surface area contributed by atoms with E-state index in [1.807, 2.05) is 31.2 Å². The summed E-state index contributed by atoms with van der Waals surface area (Å²) >= 11 is 0. The van der Waals surface area contributed by atoms with Crippen molar-refractivity contribution in [3.05, 3.63) is 24.3 Å². The number of hydrogen-bond donors (Lipinski definition) is 1. The molecule has 0 aromatic heterocycles. The van der Waals surface area contributed by atoms with E-state index >= 15 is 0 Å². The van der Waals surface area contributed by atoms with E-state index in [1.165, 1.54) is 0 Å². The SMILES string of the molecule is CCNC(COC)CS(=O)c1cccc(OC)c1. The second kappa shape index (κ2) is 8.24. The Hall–Kier alpha value is -0.910. The molecule has 0 fully saturated rings. The predicted octanol–water partition coefficient (Wildman–Crippen LogP) is 1.43. The summed E-state index contributed by atoms with van der Waals surface area (Å²) in [4.78, 5) is 0.786. The molecule has 0 heterocycles. The molecule has 0 aliphatic carbocycles. The molecule has 0 aliphatic heterocycles. The van der Waals surface area contributed by atoms with Gasteiger partial charge in [0.1, 0.15) is 5.75 Å². The summed E-state index contributed by atoms with van der Waals surface area (Å²) in [5.74, 6) is 1.27. The van der Waals surface area contributed by atoms with E-state index in [1.54, 1.807) is 14.2 Å². The molecule has 2 unspecified atom stereocenters. The average molecular weight is 271 g/mol. The second-order valence-corrected chi connectivity index (χ2v) is 5.40. The molecule has 2 atom stereocenters. The summed E-state index contributed by atoms with van der Waals surface area (Å²) < 4.78 is 22.5. The second-order valence-electron chi connectivity index (χ2n) is 3.90. The van der Waals surface area contributed by atoms with E-state index in [4.69, 9.17) is 9.47 Å². The summed E-state index contributed by atoms with van der Waals surface area (Å²) in [7, 11) is 2.21. The standard InChI is InChI=1S/C13H21NO3S/c1-4-14-11(9-16-2)10-18(15)13-7-5-6-12(8-13)17-3/h5-8,11,14H,4,9-10H2,1-3H3. The highest BCUT2D eigenvalue weighted by molar-refractivity contribution is 7.85. The molecule has 0 amide bonds. The summed E-state index contributed by atoms with van der Waals surface area (Å²) in [6.07, 6.45) is 0. The zero-order chi connectivity index (χ0) is 13.4. The number of likely N-dealkylation sites (N-methyl/N-ethyl adjacent to an activating group) is 1. The van der Waals surface area contributed by atoms with Crippen molar-refractivity contribution < 1.29 is 13.7 Å². The quantitative estimate of drug-likeness (QED) is 0.777. The molecule has 18 heavy (non-hydrogen) atoms. The highest BCUT2D eigenvalue weighted by Crippen LogP contribution is 2.16. The van der Waals surface area contributed by atoms with Gasteiger partial charge in [0, 0.05) is 23.8 Å². The van der Waals surface area contributed by atoms with Crippen molar-refractivity contribution in [3.63, 3.8) is 0 Å². The lowest BCUT2D eigenvalue weighted by molar-refractivity contribution is 0.174. The Morgan fingerprint density at radius 2 is 2.17 bits per heavy atom. The first-order valence-corrected chi connectivity index (χ1v) is 7.27. The largest absolute Gasteiger partial charge is 0.497 e. The maximum atomic E-state index is 12.2. The summed E-state index contributed by atoms with van der Waals surface area (Å²) in [5.41, 5.74) is 0. The Kier molecular flexibility index (Phi) is 6.93. The maximum absolute atomic E-state index is 12.2. The van der Waals surface area contributed by atoms with Crippen molar-refractivity contribution in [2.75, 3.05) is 33.1 Å². The molecule has 4 nitrogen and oxygen atoms in total. The Balaban J connectivity index is 2.67. The molecule has 1 aromatic rings. The first kappa shape index (κ1) is 15.1. The minimum absolute atomic E-state index is 0.104. The van der Waals surface area contributed by atoms with Crippen LogP contribution in [0, 0.1) is 0 Å². The molecule has 0 radical (unpaired) electrons. The van der Waals surface area contributed by atoms with Gasteiger partial charge < -0.3 is 14.8 Å². The Bertz CT molecular complexity index is 378. The fourth-order valence-corrected chi connectivity index (χ4v) is 2.93. The minimum Gasteiger partial charge on any atom is -0.497 e. The van der Waals surface area contributed by atoms with Crippen LogP contribution < -0.4 is 10.1 Å². The fourth-order valence-electron chi connectivity index (χ4n) is 1.68. The zero-order valence-corrected chi connectivity index (χ0v) is 12.0. The van der Waals surface area contributed by atoms with Crippen molar-refractivity contribution >= 4 is 10.8 Å². The first-order valence-electron chi connectivity index (χ1n) is 5.96. The molecule has 0 bridgehead atoms. The van der Waals surface area contributed by atoms with Gasteiger partial charge in [-0.3, -0.25) is 4.21 Å². The summed E-state index contributed by atoms with van der Waals surface area (Å²) in [5, 5.41) is 3.26. The predicted molar refractivity (Wildman–Crippen MR) is 73.6 cm³/mol. The van der Waals surface area contributed by atoms with E-state index in [0.717, 1.165) is 17.2 Å². The van der Waals surface area contributed by atoms with E-state index in [9.17, 15) is 4.21 Å². The van der Waals surface area contributed by atoms with Crippen LogP contribution in [0.3, 0.4) is 0 Å². The third kappa shape index (κ3) is 4.76. The van der Waals surface area contributed by atoms with Gasteiger partial charge in [0.05, 0.1) is 24.5 Å². The van der Waals surface area contributed by atoms with Gasteiger partial charge in [-0.15, -0.1) is 0 Å². The molecule has 0 aliphatic rings. The molecule has 5 heteroatoms. The number of methoxy groups -OCH3 is 2. The highest BCUT2D eigenvalue weighted by atomic mass is 32.2. The van der Waals surface area contributed by atoms with Crippen LogP contribution in [0.2, 0.25) is 0 Å². The topological polar surface area (TPSA) is 47.6 Å². The van der Waals surface area contributed by atoms with E-state index in [0.29, 0.717) is 12.4 Å². The van der Waals surface area contributed by atoms with Gasteiger partial charge in [-0.25, -0.2) is 0 Å². The van der Waals surface area contributed by atoms with Crippen molar-refractivity contribution in [2.45, 2.75) is 17.9 Å². The molecular weight excluding hydrogens is 250 g/mol. The normalized spacial score (nSPS) is 14.2. The van der Waals surface area contributed by atoms with Crippen LogP contribution in [0.4, 0.5) is 0 Å². The molecule has 0 spiro atoms. The third-order valence-electron chi connectivity index (χ3n) is 2.52. The van der Waals surface area contributed by atoms with E-state index in [-0.39, 0.29) is 6.04 Å². The summed E-state index contributed by atoms with van der Waals surface area (Å²) in [6.45, 7) is 3.42. The molecular formula is C13H21NO3S. The molecule has 102 valence electrons. The number of rotatable bonds is 8. The smallest absolute Gasteiger partial charge is 0.120 e. The van der Waals surface area contributed by atoms with Crippen LogP contribution >= 0.6 is 0 Å². The Labute approximate surface area is 111 Å². The van der Waals surface area contributed by atoms with Crippen molar-refractivity contribution in [2.24, 2.45) is 0 Å². The van der Waals surface area contributed by atoms with Crippen molar-refractivity contribution in [1.29, 1.82) is 0 Å². The van der Waals surface area contributed by atoms with Crippen molar-refractivity contribution in [3.8, 4) is 5.75 Å². The Morgan fingerprint density at radius 1 is 1.39 bits per heavy atom. The van der Waals surface area contributed by atoms with E-state index in [2.05, 4.69) is 5.32 Å². The molecule has 1 aromatic carbocycles. The van der Waals surface area contributed by atoms with Gasteiger partial charge in [-0.1, -0.05) is 13.0 Å². The average Bonchev–Trinajstić information content (AvgIpc) is 2.39. The monoisotopic (exact) mass is 271 g/mol. The summed E-state index contributed by atoms with van der Waals surface area (Å²) in [6, 6.07) is 7.47. The minimum atomic E-state index is -1.05. The third-order valence-corrected chi connectivity index (χ3v) is 4.00. The number of benzene rings is 1. The lowest BCUT2D eigenvalue weighted by Gasteiger charge is -2.16. The van der Waals surface area contributed by atoms with E-state index < -0.39 is 10.8 Å². The van der Waals surface area contributed by atoms with Gasteiger partial charge in [-0.2, -0.15) is 0 Å². The van der Waals surface area contributed by atoms with Gasteiger partial charge >= 0.3 is 0 Å². The lowest BCUT2D eigenvalue weighted by atomic mass is 10.3. The van der Waals surface area contributed by atoms with Crippen LogP contribution in [0.25, 0.3) is 0 Å². The van der Waals surface area contributed by atoms with Crippen LogP contribution in [0.1, 0.15) is 6.92 Å².